The lowest BCUT2D eigenvalue weighted by Crippen LogP contribution is -2.03. The molecule has 0 fully saturated rings. The van der Waals surface area contributed by atoms with Gasteiger partial charge in [0.25, 0.3) is 0 Å². The van der Waals surface area contributed by atoms with Gasteiger partial charge in [-0.2, -0.15) is 0 Å². The summed E-state index contributed by atoms with van der Waals surface area (Å²) in [6.07, 6.45) is 0. The molecule has 6 nitrogen and oxygen atoms in total. The van der Waals surface area contributed by atoms with E-state index in [4.69, 9.17) is 0 Å². The molecule has 12 aromatic rings. The summed E-state index contributed by atoms with van der Waals surface area (Å²) in [4.78, 5) is 0. The number of aromatic amines is 2. The van der Waals surface area contributed by atoms with Crippen LogP contribution in [-0.2, 0) is 0 Å². The molecule has 58 heavy (non-hydrogen) atoms. The Morgan fingerprint density at radius 2 is 0.569 bits per heavy atom. The number of H-pyrrole nitrogens is 2. The van der Waals surface area contributed by atoms with E-state index in [9.17, 15) is 0 Å². The zero-order valence-corrected chi connectivity index (χ0v) is 33.3. The maximum absolute atomic E-state index is 3.76. The second kappa shape index (κ2) is 15.6. The largest absolute Gasteiger partial charge is 0.310 e. The smallest absolute Gasteiger partial charge is 0.0652 e. The summed E-state index contributed by atoms with van der Waals surface area (Å²) >= 11 is 0. The molecular weight excluding hydrogens is 709 g/mol. The average molecular weight is 755 g/mol. The van der Waals surface area contributed by atoms with Crippen molar-refractivity contribution in [2.75, 3.05) is 0 Å². The summed E-state index contributed by atoms with van der Waals surface area (Å²) in [7, 11) is 0. The molecule has 4 heterocycles. The Hall–Kier alpha value is -7.44. The lowest BCUT2D eigenvalue weighted by Gasteiger charge is -2.15. The van der Waals surface area contributed by atoms with Crippen LogP contribution in [0.2, 0.25) is 0 Å². The van der Waals surface area contributed by atoms with Gasteiger partial charge in [0, 0.05) is 33.4 Å². The summed E-state index contributed by atoms with van der Waals surface area (Å²) in [5.74, 6) is 0. The quantitative estimate of drug-likeness (QED) is 0.180. The van der Waals surface area contributed by atoms with Crippen LogP contribution >= 0.6 is 0 Å². The fraction of sp³-hybridized carbons (Fsp3) is 0.0769. The van der Waals surface area contributed by atoms with Crippen molar-refractivity contribution in [1.82, 2.24) is 28.7 Å². The lowest BCUT2D eigenvalue weighted by atomic mass is 10.2. The molecule has 0 aliphatic rings. The van der Waals surface area contributed by atoms with Gasteiger partial charge in [-0.05, 0) is 161 Å². The molecule has 8 bridgehead atoms. The van der Waals surface area contributed by atoms with Crippen molar-refractivity contribution in [3.05, 3.63) is 216 Å². The van der Waals surface area contributed by atoms with E-state index in [1.54, 1.807) is 0 Å². The van der Waals surface area contributed by atoms with E-state index in [1.165, 1.54) is 22.3 Å². The van der Waals surface area contributed by atoms with E-state index in [0.29, 0.717) is 0 Å². The summed E-state index contributed by atoms with van der Waals surface area (Å²) in [6.45, 7) is 8.49. The predicted molar refractivity (Wildman–Crippen MR) is 243 cm³/mol. The average Bonchev–Trinajstić information content (AvgIpc) is 3.25. The van der Waals surface area contributed by atoms with Gasteiger partial charge >= 0.3 is 0 Å². The number of hydrogen-bond donors (Lipinski definition) is 2. The van der Waals surface area contributed by atoms with Crippen molar-refractivity contribution in [3.8, 4) is 22.7 Å². The van der Waals surface area contributed by atoms with Crippen LogP contribution in [0.25, 0.3) is 66.9 Å². The number of aryl methyl sites for hydroxylation is 4. The van der Waals surface area contributed by atoms with Gasteiger partial charge in [-0.1, -0.05) is 82.9 Å². The highest BCUT2D eigenvalue weighted by molar-refractivity contribution is 5.74. The van der Waals surface area contributed by atoms with Gasteiger partial charge in [-0.3, -0.25) is 19.6 Å². The molecule has 0 atom stereocenters. The molecular formula is C52H46N6. The molecule has 284 valence electrons. The highest BCUT2D eigenvalue weighted by Gasteiger charge is 2.06. The van der Waals surface area contributed by atoms with E-state index in [0.717, 1.165) is 66.9 Å². The minimum atomic E-state index is 0.959. The number of aromatic nitrogens is 6. The van der Waals surface area contributed by atoms with Crippen molar-refractivity contribution in [2.24, 2.45) is 0 Å². The topological polar surface area (TPSA) is 51.3 Å². The molecule has 8 aromatic carbocycles. The normalized spacial score (nSPS) is 11.1. The first-order valence-corrected chi connectivity index (χ1v) is 19.8. The van der Waals surface area contributed by atoms with Crippen LogP contribution in [0.3, 0.4) is 0 Å². The molecule has 0 radical (unpaired) electrons. The van der Waals surface area contributed by atoms with E-state index in [-0.39, 0.29) is 0 Å². The van der Waals surface area contributed by atoms with E-state index >= 15 is 0 Å². The molecule has 4 aromatic heterocycles. The van der Waals surface area contributed by atoms with Crippen molar-refractivity contribution in [3.63, 3.8) is 0 Å². The minimum Gasteiger partial charge on any atom is -0.310 e. The minimum absolute atomic E-state index is 0.959. The van der Waals surface area contributed by atoms with Gasteiger partial charge in [0.1, 0.15) is 0 Å². The first-order valence-electron chi connectivity index (χ1n) is 19.8. The van der Waals surface area contributed by atoms with Gasteiger partial charge in [-0.15, -0.1) is 0 Å². The molecule has 0 saturated heterocycles. The fourth-order valence-electron chi connectivity index (χ4n) is 7.40. The van der Waals surface area contributed by atoms with Gasteiger partial charge in [0.05, 0.1) is 33.4 Å². The predicted octanol–water partition coefficient (Wildman–Crippen LogP) is 13.3. The van der Waals surface area contributed by atoms with Crippen molar-refractivity contribution in [2.45, 2.75) is 27.7 Å². The summed E-state index contributed by atoms with van der Waals surface area (Å²) in [6, 6.07) is 69.5. The summed E-state index contributed by atoms with van der Waals surface area (Å²) in [5, 5.41) is 7.52. The third-order valence-electron chi connectivity index (χ3n) is 10.6. The highest BCUT2D eigenvalue weighted by Crippen LogP contribution is 2.24. The van der Waals surface area contributed by atoms with E-state index in [2.05, 4.69) is 251 Å². The zero-order valence-electron chi connectivity index (χ0n) is 33.3. The second-order valence-corrected chi connectivity index (χ2v) is 15.0. The number of benzene rings is 8. The molecule has 0 amide bonds. The van der Waals surface area contributed by atoms with Gasteiger partial charge in [0.2, 0.25) is 0 Å². The van der Waals surface area contributed by atoms with Gasteiger partial charge in [0.15, 0.2) is 0 Å². The number of nitrogens with zero attached hydrogens (tertiary/aromatic N) is 4. The Balaban J connectivity index is 1.44. The monoisotopic (exact) mass is 754 g/mol. The SMILES string of the molecule is Cc1ccc(-n2[nH]c3ccc(cc3)n(-c3ccc(C)cc3)c3cccc(c3)n(-c3ccc(C)cc3)c3ccc(cc3)[nH]n(-c3ccc(C)cc3)c3cccc2c3)cc1. The van der Waals surface area contributed by atoms with Crippen LogP contribution in [0.4, 0.5) is 0 Å². The lowest BCUT2D eigenvalue weighted by molar-refractivity contribution is 0.897. The van der Waals surface area contributed by atoms with Crippen LogP contribution in [0.1, 0.15) is 22.3 Å². The standard InChI is InChI=1S/C52H46N6/c1-37-11-23-43(24-12-37)55-45-31-19-41(20-32-45)53-57(47-27-15-39(3)16-28-47)51-9-6-10-52(36-51)58(48-29-17-40(4)18-30-48)54-42-21-33-46(34-22-42)56(44-25-13-38(2)14-26-44)50-8-5-7-49(55)35-50/h5-36,53-54H,1-4H3. The van der Waals surface area contributed by atoms with Crippen LogP contribution in [0.5, 0.6) is 0 Å². The van der Waals surface area contributed by atoms with Crippen LogP contribution in [0.15, 0.2) is 194 Å². The van der Waals surface area contributed by atoms with Crippen molar-refractivity contribution < 1.29 is 0 Å². The summed E-state index contributed by atoms with van der Waals surface area (Å²) < 4.78 is 8.96. The third-order valence-corrected chi connectivity index (χ3v) is 10.6. The maximum Gasteiger partial charge on any atom is 0.0652 e. The number of rotatable bonds is 4. The first-order chi connectivity index (χ1) is 28.3. The highest BCUT2D eigenvalue weighted by atomic mass is 15.3. The Labute approximate surface area is 338 Å². The van der Waals surface area contributed by atoms with Gasteiger partial charge in [-0.25, -0.2) is 0 Å². The van der Waals surface area contributed by atoms with Crippen LogP contribution < -0.4 is 0 Å². The number of hydrogen-bond acceptors (Lipinski definition) is 0. The fourth-order valence-corrected chi connectivity index (χ4v) is 7.40. The van der Waals surface area contributed by atoms with Crippen molar-refractivity contribution >= 4 is 44.1 Å². The Morgan fingerprint density at radius 3 is 0.914 bits per heavy atom. The zero-order chi connectivity index (χ0) is 39.6. The van der Waals surface area contributed by atoms with Gasteiger partial charge < -0.3 is 9.13 Å². The van der Waals surface area contributed by atoms with Crippen molar-refractivity contribution in [1.29, 1.82) is 0 Å². The molecule has 0 spiro atoms. The Bertz CT molecular complexity index is 2870. The number of nitrogens with one attached hydrogen (secondary N) is 2. The molecule has 6 heteroatoms. The molecule has 0 aliphatic carbocycles. The van der Waals surface area contributed by atoms with Crippen LogP contribution in [0, 0.1) is 27.7 Å². The second-order valence-electron chi connectivity index (χ2n) is 15.0. The van der Waals surface area contributed by atoms with E-state index < -0.39 is 0 Å². The molecule has 2 N–H and O–H groups in total. The maximum atomic E-state index is 3.76. The first kappa shape index (κ1) is 36.2. The molecule has 12 rings (SSSR count). The van der Waals surface area contributed by atoms with E-state index in [1.807, 2.05) is 0 Å². The molecule has 0 saturated carbocycles. The molecule has 0 aliphatic heterocycles. The Kier molecular flexibility index (Phi) is 9.74. The Morgan fingerprint density at radius 1 is 0.276 bits per heavy atom. The summed E-state index contributed by atoms with van der Waals surface area (Å²) in [5.41, 5.74) is 17.2. The van der Waals surface area contributed by atoms with Crippen LogP contribution in [-0.4, -0.2) is 28.7 Å². The molecule has 0 unspecified atom stereocenters. The third kappa shape index (κ3) is 7.56.